The zero-order valence-electron chi connectivity index (χ0n) is 17.8. The first-order valence-corrected chi connectivity index (χ1v) is 10.6. The zero-order chi connectivity index (χ0) is 23.2. The summed E-state index contributed by atoms with van der Waals surface area (Å²) in [6.45, 7) is -0.428. The number of carbonyl (C=O) groups excluding carboxylic acids is 1. The number of hydrogen-bond donors (Lipinski definition) is 2. The van der Waals surface area contributed by atoms with E-state index in [0.717, 1.165) is 0 Å². The van der Waals surface area contributed by atoms with Crippen molar-refractivity contribution in [2.75, 3.05) is 6.79 Å². The number of esters is 1. The van der Waals surface area contributed by atoms with Gasteiger partial charge in [0.1, 0.15) is 12.4 Å². The van der Waals surface area contributed by atoms with Crippen molar-refractivity contribution < 1.29 is 34.0 Å². The van der Waals surface area contributed by atoms with Crippen molar-refractivity contribution in [3.05, 3.63) is 71.0 Å². The van der Waals surface area contributed by atoms with Gasteiger partial charge in [0.25, 0.3) is 0 Å². The van der Waals surface area contributed by atoms with Crippen molar-refractivity contribution in [3.8, 4) is 34.4 Å². The molecule has 2 aliphatic heterocycles. The molecule has 2 aliphatic rings. The minimum atomic E-state index is -0.486. The highest BCUT2D eigenvalue weighted by Gasteiger charge is 2.33. The molecule has 0 fully saturated rings. The fourth-order valence-electron chi connectivity index (χ4n) is 4.41. The van der Waals surface area contributed by atoms with E-state index in [9.17, 15) is 15.0 Å². The van der Waals surface area contributed by atoms with Crippen LogP contribution in [0.25, 0.3) is 21.9 Å². The van der Waals surface area contributed by atoms with Gasteiger partial charge in [0, 0.05) is 28.9 Å². The number of rotatable bonds is 5. The lowest BCUT2D eigenvalue weighted by atomic mass is 9.87. The van der Waals surface area contributed by atoms with Crippen LogP contribution in [0.4, 0.5) is 0 Å². The van der Waals surface area contributed by atoms with Crippen molar-refractivity contribution in [1.82, 2.24) is 9.97 Å². The lowest BCUT2D eigenvalue weighted by molar-refractivity contribution is 0.0535. The fourth-order valence-corrected chi connectivity index (χ4v) is 4.41. The highest BCUT2D eigenvalue weighted by molar-refractivity contribution is 6.13. The molecule has 0 saturated heterocycles. The number of aliphatic hydroxyl groups excluding tert-OH is 2. The molecule has 0 radical (unpaired) electrons. The summed E-state index contributed by atoms with van der Waals surface area (Å²) in [4.78, 5) is 21.3. The summed E-state index contributed by atoms with van der Waals surface area (Å²) in [6, 6.07) is 10.7. The Morgan fingerprint density at radius 1 is 0.882 bits per heavy atom. The normalized spacial score (nSPS) is 13.8. The molecule has 4 aromatic rings. The van der Waals surface area contributed by atoms with E-state index >= 15 is 0 Å². The van der Waals surface area contributed by atoms with Crippen LogP contribution in [0.15, 0.2) is 48.8 Å². The highest BCUT2D eigenvalue weighted by Crippen LogP contribution is 2.48. The van der Waals surface area contributed by atoms with E-state index < -0.39 is 5.97 Å². The number of cyclic esters (lactones) is 1. The lowest BCUT2D eigenvalue weighted by Gasteiger charge is -2.18. The number of aliphatic hydroxyl groups is 2. The SMILES string of the molecule is O=C1OCc2c1c(-c1ccc3c(c1)OCO3)c1cc(CO)c(CO)cc1c2Oc1ncccn1. The maximum atomic E-state index is 13.0. The van der Waals surface area contributed by atoms with Crippen LogP contribution in [-0.4, -0.2) is 32.9 Å². The number of nitrogens with zero attached hydrogens (tertiary/aromatic N) is 2. The molecular weight excluding hydrogens is 440 g/mol. The van der Waals surface area contributed by atoms with E-state index in [1.54, 1.807) is 36.7 Å². The molecule has 2 N–H and O–H groups in total. The Bertz CT molecular complexity index is 1450. The van der Waals surface area contributed by atoms with Crippen LogP contribution in [0, 0.1) is 0 Å². The summed E-state index contributed by atoms with van der Waals surface area (Å²) in [5.41, 5.74) is 3.32. The van der Waals surface area contributed by atoms with Gasteiger partial charge >= 0.3 is 12.0 Å². The van der Waals surface area contributed by atoms with Gasteiger partial charge in [-0.1, -0.05) is 6.07 Å². The first-order valence-electron chi connectivity index (χ1n) is 10.6. The van der Waals surface area contributed by atoms with Crippen molar-refractivity contribution in [2.24, 2.45) is 0 Å². The van der Waals surface area contributed by atoms with Gasteiger partial charge in [0.2, 0.25) is 6.79 Å². The third-order valence-corrected chi connectivity index (χ3v) is 5.97. The maximum absolute atomic E-state index is 13.0. The van der Waals surface area contributed by atoms with Crippen LogP contribution in [0.1, 0.15) is 27.0 Å². The van der Waals surface area contributed by atoms with E-state index in [2.05, 4.69) is 9.97 Å². The van der Waals surface area contributed by atoms with Crippen molar-refractivity contribution in [3.63, 3.8) is 0 Å². The molecule has 34 heavy (non-hydrogen) atoms. The van der Waals surface area contributed by atoms with Crippen molar-refractivity contribution in [2.45, 2.75) is 19.8 Å². The summed E-state index contributed by atoms with van der Waals surface area (Å²) in [5.74, 6) is 1.07. The van der Waals surface area contributed by atoms with E-state index in [1.165, 1.54) is 0 Å². The van der Waals surface area contributed by atoms with Crippen LogP contribution in [0.2, 0.25) is 0 Å². The minimum absolute atomic E-state index is 0.0139. The quantitative estimate of drug-likeness (QED) is 0.433. The van der Waals surface area contributed by atoms with E-state index in [-0.39, 0.29) is 32.6 Å². The number of aromatic nitrogens is 2. The number of benzene rings is 3. The van der Waals surface area contributed by atoms with E-state index in [0.29, 0.717) is 61.4 Å². The molecule has 3 aromatic carbocycles. The first-order chi connectivity index (χ1) is 16.7. The predicted molar refractivity (Wildman–Crippen MR) is 119 cm³/mol. The number of carbonyl (C=O) groups is 1. The lowest BCUT2D eigenvalue weighted by Crippen LogP contribution is -2.04. The molecule has 0 spiro atoms. The van der Waals surface area contributed by atoms with Crippen molar-refractivity contribution >= 4 is 16.7 Å². The van der Waals surface area contributed by atoms with Gasteiger partial charge in [0.05, 0.1) is 18.8 Å². The predicted octanol–water partition coefficient (Wildman–Crippen LogP) is 3.47. The molecule has 0 saturated carbocycles. The molecule has 0 aliphatic carbocycles. The molecule has 0 amide bonds. The standard InChI is InChI=1S/C25H18N2O7/c28-9-14-6-16-17(7-15(14)10-29)23(34-25-26-4-1-5-27-25)18-11-31-24(30)22(18)21(16)13-2-3-19-20(8-13)33-12-32-19/h1-8,28-29H,9-12H2. The number of ether oxygens (including phenoxy) is 4. The second kappa shape index (κ2) is 7.98. The monoisotopic (exact) mass is 458 g/mol. The zero-order valence-corrected chi connectivity index (χ0v) is 17.8. The largest absolute Gasteiger partial charge is 0.457 e. The van der Waals surface area contributed by atoms with Gasteiger partial charge in [-0.15, -0.1) is 0 Å². The van der Waals surface area contributed by atoms with Crippen LogP contribution in [0.3, 0.4) is 0 Å². The average Bonchev–Trinajstić information content (AvgIpc) is 3.50. The molecular formula is C25H18N2O7. The Balaban J connectivity index is 1.70. The Morgan fingerprint density at radius 2 is 1.62 bits per heavy atom. The second-order valence-corrected chi connectivity index (χ2v) is 7.82. The van der Waals surface area contributed by atoms with Crippen LogP contribution >= 0.6 is 0 Å². The van der Waals surface area contributed by atoms with Gasteiger partial charge in [-0.2, -0.15) is 0 Å². The molecule has 0 unspecified atom stereocenters. The summed E-state index contributed by atoms with van der Waals surface area (Å²) < 4.78 is 22.5. The first kappa shape index (κ1) is 20.4. The number of fused-ring (bicyclic) bond motifs is 3. The summed E-state index contributed by atoms with van der Waals surface area (Å²) in [5, 5.41) is 21.2. The molecule has 6 rings (SSSR count). The molecule has 9 nitrogen and oxygen atoms in total. The summed E-state index contributed by atoms with van der Waals surface area (Å²) >= 11 is 0. The van der Waals surface area contributed by atoms with Gasteiger partial charge in [-0.05, 0) is 52.4 Å². The van der Waals surface area contributed by atoms with Gasteiger partial charge in [-0.3, -0.25) is 0 Å². The Morgan fingerprint density at radius 3 is 2.38 bits per heavy atom. The van der Waals surface area contributed by atoms with Gasteiger partial charge < -0.3 is 29.2 Å². The maximum Gasteiger partial charge on any atom is 0.339 e. The Hall–Kier alpha value is -4.21. The summed E-state index contributed by atoms with van der Waals surface area (Å²) in [7, 11) is 0. The third kappa shape index (κ3) is 3.13. The smallest absolute Gasteiger partial charge is 0.339 e. The van der Waals surface area contributed by atoms with E-state index in [1.807, 2.05) is 12.1 Å². The molecule has 9 heteroatoms. The highest BCUT2D eigenvalue weighted by atomic mass is 16.7. The Kier molecular flexibility index (Phi) is 4.79. The van der Waals surface area contributed by atoms with E-state index in [4.69, 9.17) is 18.9 Å². The second-order valence-electron chi connectivity index (χ2n) is 7.82. The number of hydrogen-bond acceptors (Lipinski definition) is 9. The summed E-state index contributed by atoms with van der Waals surface area (Å²) in [6.07, 6.45) is 3.10. The van der Waals surface area contributed by atoms with Crippen molar-refractivity contribution in [1.29, 1.82) is 0 Å². The minimum Gasteiger partial charge on any atom is -0.457 e. The van der Waals surface area contributed by atoms with Crippen LogP contribution in [0.5, 0.6) is 23.3 Å². The fraction of sp³-hybridized carbons (Fsp3) is 0.160. The van der Waals surface area contributed by atoms with Gasteiger partial charge in [-0.25, -0.2) is 14.8 Å². The molecule has 170 valence electrons. The Labute approximate surface area is 193 Å². The molecule has 0 atom stereocenters. The topological polar surface area (TPSA) is 120 Å². The third-order valence-electron chi connectivity index (χ3n) is 5.97. The average molecular weight is 458 g/mol. The molecule has 1 aromatic heterocycles. The van der Waals surface area contributed by atoms with Crippen LogP contribution in [-0.2, 0) is 24.6 Å². The molecule has 3 heterocycles. The van der Waals surface area contributed by atoms with Crippen LogP contribution < -0.4 is 14.2 Å². The van der Waals surface area contributed by atoms with Gasteiger partial charge in [0.15, 0.2) is 11.5 Å². The molecule has 0 bridgehead atoms.